The Bertz CT molecular complexity index is 309. The molecule has 0 heterocycles. The molecule has 0 atom stereocenters. The third kappa shape index (κ3) is 2.86. The van der Waals surface area contributed by atoms with Crippen LogP contribution in [0.15, 0.2) is 22.7 Å². The van der Waals surface area contributed by atoms with Gasteiger partial charge in [0.05, 0.1) is 4.92 Å². The molecule has 0 saturated carbocycles. The van der Waals surface area contributed by atoms with Gasteiger partial charge in [-0.1, -0.05) is 22.0 Å². The predicted octanol–water partition coefficient (Wildman–Crippen LogP) is -0.218. The monoisotopic (exact) mass is 239 g/mol. The zero-order valence-electron chi connectivity index (χ0n) is 7.87. The molecule has 0 bridgehead atoms. The fourth-order valence-corrected chi connectivity index (χ4v) is 1.13. The largest absolute Gasteiger partial charge is 1.00 e. The van der Waals surface area contributed by atoms with E-state index in [1.165, 1.54) is 6.07 Å². The molecule has 12 heavy (non-hydrogen) atoms. The van der Waals surface area contributed by atoms with Gasteiger partial charge in [0.1, 0.15) is 0 Å². The van der Waals surface area contributed by atoms with Crippen molar-refractivity contribution < 1.29 is 35.9 Å². The third-order valence-corrected chi connectivity index (χ3v) is 1.86. The number of hydrogen-bond donors (Lipinski definition) is 0. The number of nitro benzene ring substituents is 1. The predicted molar refractivity (Wildman–Crippen MR) is 46.6 cm³/mol. The topological polar surface area (TPSA) is 43.1 Å². The molecule has 0 aliphatic heterocycles. The van der Waals surface area contributed by atoms with Crippen LogP contribution in [0.4, 0.5) is 5.69 Å². The normalized spacial score (nSPS) is 8.83. The molecule has 0 aliphatic carbocycles. The van der Waals surface area contributed by atoms with Gasteiger partial charge in [0, 0.05) is 16.1 Å². The zero-order chi connectivity index (χ0) is 8.43. The van der Waals surface area contributed by atoms with E-state index >= 15 is 0 Å². The molecule has 0 fully saturated rings. The van der Waals surface area contributed by atoms with Crippen molar-refractivity contribution in [2.45, 2.75) is 6.92 Å². The Morgan fingerprint density at radius 1 is 1.58 bits per heavy atom. The van der Waals surface area contributed by atoms with Crippen molar-refractivity contribution in [3.8, 4) is 0 Å². The average molecular weight is 240 g/mol. The van der Waals surface area contributed by atoms with E-state index in [2.05, 4.69) is 15.9 Å². The van der Waals surface area contributed by atoms with Crippen LogP contribution in [-0.4, -0.2) is 4.92 Å². The van der Waals surface area contributed by atoms with Crippen molar-refractivity contribution in [1.29, 1.82) is 0 Å². The smallest absolute Gasteiger partial charge is 1.00 e. The van der Waals surface area contributed by atoms with E-state index < -0.39 is 0 Å². The first-order valence-electron chi connectivity index (χ1n) is 3.02. The fraction of sp³-hybridized carbons (Fsp3) is 0.143. The number of rotatable bonds is 1. The van der Waals surface area contributed by atoms with Crippen LogP contribution in [-0.2, 0) is 0 Å². The van der Waals surface area contributed by atoms with Crippen LogP contribution in [0.2, 0.25) is 0 Å². The first kappa shape index (κ1) is 12.1. The molecule has 60 valence electrons. The molecule has 5 heteroatoms. The summed E-state index contributed by atoms with van der Waals surface area (Å²) in [6.45, 7) is 1.71. The molecule has 0 unspecified atom stereocenters. The van der Waals surface area contributed by atoms with Gasteiger partial charge in [-0.15, -0.1) is 0 Å². The molecule has 1 aromatic carbocycles. The Labute approximate surface area is 102 Å². The molecule has 0 radical (unpaired) electrons. The maximum atomic E-state index is 10.4. The number of halogens is 1. The summed E-state index contributed by atoms with van der Waals surface area (Å²) < 4.78 is 0.731. The molecule has 0 aromatic heterocycles. The summed E-state index contributed by atoms with van der Waals surface area (Å²) in [6, 6.07) is 4.99. The summed E-state index contributed by atoms with van der Waals surface area (Å²) in [5.74, 6) is 0. The summed E-state index contributed by atoms with van der Waals surface area (Å²) in [5, 5.41) is 10.4. The summed E-state index contributed by atoms with van der Waals surface area (Å²) in [7, 11) is 0. The van der Waals surface area contributed by atoms with Gasteiger partial charge in [0.2, 0.25) is 0 Å². The number of nitrogens with zero attached hydrogens (tertiary/aromatic N) is 1. The quantitative estimate of drug-likeness (QED) is 0.387. The maximum Gasteiger partial charge on any atom is 1.00 e. The Morgan fingerprint density at radius 3 is 2.58 bits per heavy atom. The van der Waals surface area contributed by atoms with Gasteiger partial charge < -0.3 is 1.43 Å². The Hall–Kier alpha value is 0.100. The first-order chi connectivity index (χ1) is 5.11. The zero-order valence-corrected chi connectivity index (χ0v) is 10.5. The SMILES string of the molecule is Cc1ccc(Br)cc1[N+](=O)[O-].[H-].[Na+]. The molecule has 0 spiro atoms. The molecule has 1 aromatic rings. The summed E-state index contributed by atoms with van der Waals surface area (Å²) in [4.78, 5) is 9.97. The average Bonchev–Trinajstić information content (AvgIpc) is 1.94. The van der Waals surface area contributed by atoms with Gasteiger partial charge in [-0.05, 0) is 13.0 Å². The minimum absolute atomic E-state index is 0. The second kappa shape index (κ2) is 4.97. The fourth-order valence-electron chi connectivity index (χ4n) is 0.779. The minimum Gasteiger partial charge on any atom is -1.00 e. The first-order valence-corrected chi connectivity index (χ1v) is 3.81. The van der Waals surface area contributed by atoms with Crippen LogP contribution in [0.1, 0.15) is 6.99 Å². The van der Waals surface area contributed by atoms with E-state index in [1.54, 1.807) is 19.1 Å². The van der Waals surface area contributed by atoms with E-state index in [1.807, 2.05) is 0 Å². The second-order valence-corrected chi connectivity index (χ2v) is 3.10. The number of benzene rings is 1. The van der Waals surface area contributed by atoms with Crippen LogP contribution in [0, 0.1) is 17.0 Å². The van der Waals surface area contributed by atoms with Crippen LogP contribution >= 0.6 is 15.9 Å². The van der Waals surface area contributed by atoms with E-state index in [4.69, 9.17) is 0 Å². The molecule has 0 amide bonds. The molecule has 3 nitrogen and oxygen atoms in total. The van der Waals surface area contributed by atoms with Crippen molar-refractivity contribution in [3.63, 3.8) is 0 Å². The minimum atomic E-state index is -0.389. The van der Waals surface area contributed by atoms with Gasteiger partial charge in [-0.3, -0.25) is 10.1 Å². The standard InChI is InChI=1S/C7H6BrNO2.Na.H/c1-5-2-3-6(8)4-7(5)9(10)11;;/h2-4H,1H3;;/q;+1;-1. The van der Waals surface area contributed by atoms with Crippen molar-refractivity contribution in [2.75, 3.05) is 0 Å². The van der Waals surface area contributed by atoms with E-state index in [0.717, 1.165) is 4.47 Å². The van der Waals surface area contributed by atoms with Crippen LogP contribution in [0.5, 0.6) is 0 Å². The molecule has 1 rings (SSSR count). The maximum absolute atomic E-state index is 10.4. The van der Waals surface area contributed by atoms with Gasteiger partial charge in [0.25, 0.3) is 5.69 Å². The van der Waals surface area contributed by atoms with Crippen molar-refractivity contribution >= 4 is 21.6 Å². The van der Waals surface area contributed by atoms with Crippen LogP contribution in [0.25, 0.3) is 0 Å². The van der Waals surface area contributed by atoms with Crippen molar-refractivity contribution in [1.82, 2.24) is 0 Å². The Balaban J connectivity index is 0. The van der Waals surface area contributed by atoms with Gasteiger partial charge in [-0.2, -0.15) is 0 Å². The van der Waals surface area contributed by atoms with E-state index in [0.29, 0.717) is 5.56 Å². The van der Waals surface area contributed by atoms with Gasteiger partial charge >= 0.3 is 29.6 Å². The second-order valence-electron chi connectivity index (χ2n) is 2.19. The molecule has 0 N–H and O–H groups in total. The molecular weight excluding hydrogens is 233 g/mol. The Kier molecular flexibility index (Phi) is 5.01. The van der Waals surface area contributed by atoms with Gasteiger partial charge in [0.15, 0.2) is 0 Å². The van der Waals surface area contributed by atoms with Crippen molar-refractivity contribution in [3.05, 3.63) is 38.3 Å². The third-order valence-electron chi connectivity index (χ3n) is 1.37. The van der Waals surface area contributed by atoms with Crippen LogP contribution in [0.3, 0.4) is 0 Å². The molecule has 0 saturated heterocycles. The van der Waals surface area contributed by atoms with Crippen LogP contribution < -0.4 is 29.6 Å². The molecular formula is C7H7BrNNaO2. The molecule has 0 aliphatic rings. The van der Waals surface area contributed by atoms with Gasteiger partial charge in [-0.25, -0.2) is 0 Å². The number of nitro groups is 1. The summed E-state index contributed by atoms with van der Waals surface area (Å²) >= 11 is 3.16. The summed E-state index contributed by atoms with van der Waals surface area (Å²) in [6.07, 6.45) is 0. The number of aryl methyl sites for hydroxylation is 1. The summed E-state index contributed by atoms with van der Waals surface area (Å²) in [5.41, 5.74) is 0.831. The van der Waals surface area contributed by atoms with E-state index in [-0.39, 0.29) is 41.6 Å². The Morgan fingerprint density at radius 2 is 2.17 bits per heavy atom. The number of hydrogen-bond acceptors (Lipinski definition) is 2. The van der Waals surface area contributed by atoms with E-state index in [9.17, 15) is 10.1 Å². The van der Waals surface area contributed by atoms with Crippen molar-refractivity contribution in [2.24, 2.45) is 0 Å².